The van der Waals surface area contributed by atoms with E-state index in [-0.39, 0.29) is 41.8 Å². The lowest BCUT2D eigenvalue weighted by molar-refractivity contribution is -0.133. The van der Waals surface area contributed by atoms with Crippen molar-refractivity contribution in [2.45, 2.75) is 64.8 Å². The molecule has 3 atom stereocenters. The van der Waals surface area contributed by atoms with Gasteiger partial charge in [-0.15, -0.1) is 0 Å². The van der Waals surface area contributed by atoms with Crippen molar-refractivity contribution in [3.8, 4) is 5.75 Å². The van der Waals surface area contributed by atoms with Crippen molar-refractivity contribution in [3.05, 3.63) is 72.2 Å². The first kappa shape index (κ1) is 33.5. The molecule has 1 aliphatic carbocycles. The normalized spacial score (nSPS) is 16.2. The average Bonchev–Trinajstić information content (AvgIpc) is 3.52. The fourth-order valence-corrected chi connectivity index (χ4v) is 6.38. The van der Waals surface area contributed by atoms with Crippen LogP contribution in [0.2, 0.25) is 0 Å². The molecule has 5 rings (SSSR count). The van der Waals surface area contributed by atoms with Crippen molar-refractivity contribution >= 4 is 50.9 Å². The summed E-state index contributed by atoms with van der Waals surface area (Å²) in [5, 5.41) is 5.02. The maximum Gasteiger partial charge on any atom is 0.340 e. The number of esters is 1. The van der Waals surface area contributed by atoms with Crippen LogP contribution in [0.3, 0.4) is 0 Å². The summed E-state index contributed by atoms with van der Waals surface area (Å²) in [6, 6.07) is 13.4. The van der Waals surface area contributed by atoms with E-state index in [0.717, 1.165) is 29.1 Å². The van der Waals surface area contributed by atoms with E-state index in [9.17, 15) is 24.0 Å². The third kappa shape index (κ3) is 8.11. The fraction of sp³-hybridized carbons (Fsp3) is 0.405. The minimum Gasteiger partial charge on any atom is -0.496 e. The molecule has 1 fully saturated rings. The molecule has 0 bridgehead atoms. The Balaban J connectivity index is 1.32. The van der Waals surface area contributed by atoms with Crippen LogP contribution in [0, 0.1) is 17.8 Å². The van der Waals surface area contributed by atoms with E-state index >= 15 is 0 Å². The number of nitrogens with one attached hydrogen (secondary N) is 2. The quantitative estimate of drug-likeness (QED) is 0.126. The highest BCUT2D eigenvalue weighted by molar-refractivity contribution is 6.05. The van der Waals surface area contributed by atoms with Gasteiger partial charge in [0.2, 0.25) is 5.91 Å². The number of H-pyrrole nitrogens is 1. The maximum absolute atomic E-state index is 13.8. The average molecular weight is 640 g/mol. The fourth-order valence-electron chi connectivity index (χ4n) is 6.38. The summed E-state index contributed by atoms with van der Waals surface area (Å²) in [6.07, 6.45) is 6.19. The second kappa shape index (κ2) is 15.2. The van der Waals surface area contributed by atoms with Crippen molar-refractivity contribution in [2.75, 3.05) is 13.7 Å². The van der Waals surface area contributed by atoms with E-state index in [2.05, 4.69) is 15.3 Å². The number of fused-ring (bicyclic) bond motifs is 2. The lowest BCUT2D eigenvalue weighted by Crippen LogP contribution is -2.47. The number of carbonyl (C=O) groups is 5. The predicted molar refractivity (Wildman–Crippen MR) is 177 cm³/mol. The molecule has 47 heavy (non-hydrogen) atoms. The summed E-state index contributed by atoms with van der Waals surface area (Å²) in [5.41, 5.74) is 1.33. The van der Waals surface area contributed by atoms with Gasteiger partial charge in [-0.05, 0) is 55.2 Å². The molecule has 10 heteroatoms. The van der Waals surface area contributed by atoms with Crippen molar-refractivity contribution in [1.82, 2.24) is 15.3 Å². The lowest BCUT2D eigenvalue weighted by atomic mass is 9.82. The standard InChI is InChI=1S/C37H41N3O7/c1-22(2)15-25(17-33(42)31-18-27-29(39-31)12-8-14-35(27)46-3)36(44)40-30(16-23-9-5-7-13-32(23)41)34(43)21-47-37(45)28-20-38-19-24-10-4-6-11-26(24)28/h4,6,8,10-12,14,18-20,22-23,25,30,39H,5,7,9,13,15-17,21H2,1-3H3,(H,40,44)/t23-,25+,30-/m0/s1. The number of hydrogen-bond donors (Lipinski definition) is 2. The third-order valence-corrected chi connectivity index (χ3v) is 8.84. The minimum absolute atomic E-state index is 0.0604. The van der Waals surface area contributed by atoms with Crippen LogP contribution < -0.4 is 10.1 Å². The molecule has 10 nitrogen and oxygen atoms in total. The van der Waals surface area contributed by atoms with Crippen LogP contribution in [0.4, 0.5) is 0 Å². The molecule has 4 aromatic rings. The molecule has 0 spiro atoms. The van der Waals surface area contributed by atoms with Gasteiger partial charge in [0.05, 0.1) is 24.4 Å². The molecular weight excluding hydrogens is 598 g/mol. The topological polar surface area (TPSA) is 145 Å². The smallest absolute Gasteiger partial charge is 0.340 e. The number of aromatic nitrogens is 2. The highest BCUT2D eigenvalue weighted by atomic mass is 16.5. The molecule has 0 radical (unpaired) electrons. The Bertz CT molecular complexity index is 1790. The van der Waals surface area contributed by atoms with Crippen molar-refractivity contribution in [1.29, 1.82) is 0 Å². The lowest BCUT2D eigenvalue weighted by Gasteiger charge is -2.27. The number of ether oxygens (including phenoxy) is 2. The monoisotopic (exact) mass is 639 g/mol. The van der Waals surface area contributed by atoms with E-state index < -0.39 is 36.2 Å². The van der Waals surface area contributed by atoms with Gasteiger partial charge in [-0.2, -0.15) is 0 Å². The Labute approximate surface area is 273 Å². The van der Waals surface area contributed by atoms with Crippen molar-refractivity contribution in [2.24, 2.45) is 17.8 Å². The number of carbonyl (C=O) groups excluding carboxylic acids is 5. The Kier molecular flexibility index (Phi) is 10.8. The molecule has 246 valence electrons. The number of hydrogen-bond acceptors (Lipinski definition) is 8. The molecule has 2 N–H and O–H groups in total. The number of methoxy groups -OCH3 is 1. The summed E-state index contributed by atoms with van der Waals surface area (Å²) in [7, 11) is 1.56. The van der Waals surface area contributed by atoms with Gasteiger partial charge in [0.1, 0.15) is 11.5 Å². The molecule has 1 amide bonds. The summed E-state index contributed by atoms with van der Waals surface area (Å²) in [5.74, 6) is -2.25. The van der Waals surface area contributed by atoms with Gasteiger partial charge in [0, 0.05) is 53.4 Å². The van der Waals surface area contributed by atoms with E-state index in [1.807, 2.05) is 44.2 Å². The van der Waals surface area contributed by atoms with Crippen molar-refractivity contribution < 1.29 is 33.4 Å². The predicted octanol–water partition coefficient (Wildman–Crippen LogP) is 6.02. The number of Topliss-reactive ketones (excluding diaryl/α,β-unsaturated/α-hetero) is 3. The van der Waals surface area contributed by atoms with Crippen LogP contribution in [-0.4, -0.2) is 59.0 Å². The number of aromatic amines is 1. The number of pyridine rings is 1. The zero-order valence-corrected chi connectivity index (χ0v) is 27.0. The van der Waals surface area contributed by atoms with Gasteiger partial charge < -0.3 is 19.8 Å². The summed E-state index contributed by atoms with van der Waals surface area (Å²) in [6.45, 7) is 3.34. The second-order valence-corrected chi connectivity index (χ2v) is 12.7. The van der Waals surface area contributed by atoms with Crippen LogP contribution in [0.25, 0.3) is 21.7 Å². The van der Waals surface area contributed by atoms with Crippen LogP contribution in [0.5, 0.6) is 5.75 Å². The Hall–Kier alpha value is -4.86. The molecular formula is C37H41N3O7. The molecule has 0 aliphatic heterocycles. The largest absolute Gasteiger partial charge is 0.496 e. The molecule has 1 aliphatic rings. The Morgan fingerprint density at radius 2 is 1.83 bits per heavy atom. The molecule has 2 aromatic carbocycles. The molecule has 1 saturated carbocycles. The highest BCUT2D eigenvalue weighted by Gasteiger charge is 2.33. The number of benzene rings is 2. The third-order valence-electron chi connectivity index (χ3n) is 8.84. The van der Waals surface area contributed by atoms with Crippen LogP contribution >= 0.6 is 0 Å². The van der Waals surface area contributed by atoms with Gasteiger partial charge in [-0.25, -0.2) is 4.79 Å². The molecule has 2 heterocycles. The van der Waals surface area contributed by atoms with E-state index in [1.165, 1.54) is 6.20 Å². The number of nitrogens with zero attached hydrogens (tertiary/aromatic N) is 1. The molecule has 0 unspecified atom stereocenters. The van der Waals surface area contributed by atoms with Crippen LogP contribution in [0.15, 0.2) is 60.9 Å². The zero-order valence-electron chi connectivity index (χ0n) is 27.0. The molecule has 2 aromatic heterocycles. The SMILES string of the molecule is COc1cccc2[nH]c(C(=O)C[C@@H](CC(C)C)C(=O)N[C@@H](C[C@@H]3CCCCC3=O)C(=O)COC(=O)c3cncc4ccccc34)cc12. The van der Waals surface area contributed by atoms with Crippen molar-refractivity contribution in [3.63, 3.8) is 0 Å². The number of amides is 1. The van der Waals surface area contributed by atoms with Gasteiger partial charge in [0.15, 0.2) is 18.2 Å². The highest BCUT2D eigenvalue weighted by Crippen LogP contribution is 2.29. The zero-order chi connectivity index (χ0) is 33.5. The Morgan fingerprint density at radius 3 is 2.60 bits per heavy atom. The first-order valence-electron chi connectivity index (χ1n) is 16.2. The van der Waals surface area contributed by atoms with E-state index in [4.69, 9.17) is 9.47 Å². The second-order valence-electron chi connectivity index (χ2n) is 12.7. The maximum atomic E-state index is 13.8. The number of rotatable bonds is 14. The van der Waals surface area contributed by atoms with Crippen LogP contribution in [-0.2, 0) is 19.1 Å². The van der Waals surface area contributed by atoms with Gasteiger partial charge in [-0.1, -0.05) is 50.6 Å². The first-order valence-corrected chi connectivity index (χ1v) is 16.2. The van der Waals surface area contributed by atoms with E-state index in [0.29, 0.717) is 36.1 Å². The summed E-state index contributed by atoms with van der Waals surface area (Å²) >= 11 is 0. The van der Waals surface area contributed by atoms with Gasteiger partial charge in [0.25, 0.3) is 0 Å². The van der Waals surface area contributed by atoms with Crippen LogP contribution in [0.1, 0.15) is 79.6 Å². The van der Waals surface area contributed by atoms with Gasteiger partial charge in [-0.3, -0.25) is 24.2 Å². The van der Waals surface area contributed by atoms with Gasteiger partial charge >= 0.3 is 5.97 Å². The molecule has 0 saturated heterocycles. The Morgan fingerprint density at radius 1 is 1.02 bits per heavy atom. The van der Waals surface area contributed by atoms with E-state index in [1.54, 1.807) is 31.5 Å². The summed E-state index contributed by atoms with van der Waals surface area (Å²) < 4.78 is 10.9. The summed E-state index contributed by atoms with van der Waals surface area (Å²) in [4.78, 5) is 73.9. The first-order chi connectivity index (χ1) is 22.6. The number of ketones is 3. The minimum atomic E-state index is -1.06.